The van der Waals surface area contributed by atoms with Gasteiger partial charge in [-0.15, -0.1) is 12.4 Å². The molecule has 3 atom stereocenters. The maximum Gasteiger partial charge on any atom is 0.274 e. The summed E-state index contributed by atoms with van der Waals surface area (Å²) in [6, 6.07) is 2.28. The Morgan fingerprint density at radius 2 is 2.09 bits per heavy atom. The highest BCUT2D eigenvalue weighted by atomic mass is 35.5. The van der Waals surface area contributed by atoms with E-state index in [1.54, 1.807) is 0 Å². The minimum absolute atomic E-state index is 0. The summed E-state index contributed by atoms with van der Waals surface area (Å²) >= 11 is 0. The van der Waals surface area contributed by atoms with Gasteiger partial charge in [0.15, 0.2) is 0 Å². The molecule has 3 unspecified atom stereocenters. The first-order valence-electron chi connectivity index (χ1n) is 8.12. The van der Waals surface area contributed by atoms with Gasteiger partial charge in [0.05, 0.1) is 6.04 Å². The summed E-state index contributed by atoms with van der Waals surface area (Å²) in [5, 5.41) is 7.93. The number of carbonyl (C=O) groups excluding carboxylic acids is 1. The number of nitrogens with zero attached hydrogens (tertiary/aromatic N) is 3. The van der Waals surface area contributed by atoms with Crippen molar-refractivity contribution in [2.45, 2.75) is 32.7 Å². The molecule has 1 aromatic heterocycles. The summed E-state index contributed by atoms with van der Waals surface area (Å²) in [5.41, 5.74) is 1.06. The van der Waals surface area contributed by atoms with Crippen LogP contribution in [0.5, 0.6) is 0 Å². The van der Waals surface area contributed by atoms with Crippen LogP contribution in [-0.2, 0) is 0 Å². The molecule has 3 heterocycles. The number of halogens is 1. The first kappa shape index (κ1) is 15.8. The lowest BCUT2D eigenvalue weighted by atomic mass is 10.1. The summed E-state index contributed by atoms with van der Waals surface area (Å²) in [6.07, 6.45) is 4.29. The van der Waals surface area contributed by atoms with E-state index in [2.05, 4.69) is 24.3 Å². The second kappa shape index (κ2) is 5.53. The summed E-state index contributed by atoms with van der Waals surface area (Å²) in [5.74, 6) is 1.51. The quantitative estimate of drug-likeness (QED) is 0.904. The van der Waals surface area contributed by atoms with E-state index in [0.717, 1.165) is 32.6 Å². The Balaban J connectivity index is 0.00000144. The van der Waals surface area contributed by atoms with E-state index >= 15 is 0 Å². The van der Waals surface area contributed by atoms with Gasteiger partial charge in [-0.05, 0) is 42.7 Å². The van der Waals surface area contributed by atoms with Gasteiger partial charge < -0.3 is 10.2 Å². The van der Waals surface area contributed by atoms with Crippen LogP contribution in [0, 0.1) is 17.3 Å². The minimum Gasteiger partial charge on any atom is -0.337 e. The number of fused-ring (bicyclic) bond motifs is 1. The molecule has 2 saturated heterocycles. The van der Waals surface area contributed by atoms with E-state index < -0.39 is 0 Å². The fourth-order valence-corrected chi connectivity index (χ4v) is 4.17. The Labute approximate surface area is 137 Å². The number of carbonyl (C=O) groups is 1. The predicted molar refractivity (Wildman–Crippen MR) is 87.3 cm³/mol. The largest absolute Gasteiger partial charge is 0.337 e. The highest BCUT2D eigenvalue weighted by molar-refractivity contribution is 5.92. The Morgan fingerprint density at radius 3 is 2.73 bits per heavy atom. The maximum atomic E-state index is 12.6. The highest BCUT2D eigenvalue weighted by Crippen LogP contribution is 2.62. The van der Waals surface area contributed by atoms with Gasteiger partial charge in [0.1, 0.15) is 5.69 Å². The predicted octanol–water partition coefficient (Wildman–Crippen LogP) is 1.96. The fourth-order valence-electron chi connectivity index (χ4n) is 4.17. The van der Waals surface area contributed by atoms with Gasteiger partial charge in [-0.3, -0.25) is 9.48 Å². The van der Waals surface area contributed by atoms with Gasteiger partial charge >= 0.3 is 0 Å². The molecule has 22 heavy (non-hydrogen) atoms. The lowest BCUT2D eigenvalue weighted by Gasteiger charge is -2.23. The van der Waals surface area contributed by atoms with Crippen LogP contribution in [0.1, 0.15) is 43.2 Å². The van der Waals surface area contributed by atoms with Crippen molar-refractivity contribution in [3.63, 3.8) is 0 Å². The van der Waals surface area contributed by atoms with Crippen molar-refractivity contribution in [2.24, 2.45) is 17.3 Å². The molecule has 1 amide bonds. The zero-order valence-corrected chi connectivity index (χ0v) is 14.1. The molecule has 4 rings (SSSR count). The van der Waals surface area contributed by atoms with Crippen LogP contribution in [-0.4, -0.2) is 46.8 Å². The van der Waals surface area contributed by atoms with E-state index in [0.29, 0.717) is 29.0 Å². The van der Waals surface area contributed by atoms with Gasteiger partial charge in [-0.1, -0.05) is 13.8 Å². The van der Waals surface area contributed by atoms with Gasteiger partial charge in [0.2, 0.25) is 0 Å². The third-order valence-corrected chi connectivity index (χ3v) is 5.88. The van der Waals surface area contributed by atoms with Crippen molar-refractivity contribution in [3.05, 3.63) is 18.0 Å². The Hall–Kier alpha value is -1.07. The molecule has 0 aromatic carbocycles. The molecule has 1 N–H and O–H groups in total. The normalized spacial score (nSPS) is 32.3. The summed E-state index contributed by atoms with van der Waals surface area (Å²) in [4.78, 5) is 14.5. The molecule has 0 spiro atoms. The minimum atomic E-state index is 0. The molecule has 1 saturated carbocycles. The number of hydrogen-bond donors (Lipinski definition) is 1. The van der Waals surface area contributed by atoms with E-state index in [4.69, 9.17) is 0 Å². The maximum absolute atomic E-state index is 12.6. The standard InChI is InChI=1S/C16H24N4O.ClH/c1-16(2)12-9-19(10-13(12)16)15(21)14-5-7-20(18-14)11-4-3-6-17-8-11;/h5,7,11-13,17H,3-4,6,8-10H2,1-2H3;1H. The van der Waals surface area contributed by atoms with Gasteiger partial charge in [-0.25, -0.2) is 0 Å². The molecule has 0 radical (unpaired) electrons. The van der Waals surface area contributed by atoms with E-state index in [-0.39, 0.29) is 18.3 Å². The molecule has 5 nitrogen and oxygen atoms in total. The molecule has 3 fully saturated rings. The zero-order valence-electron chi connectivity index (χ0n) is 13.3. The molecule has 3 aliphatic rings. The van der Waals surface area contributed by atoms with Crippen LogP contribution >= 0.6 is 12.4 Å². The fraction of sp³-hybridized carbons (Fsp3) is 0.750. The van der Waals surface area contributed by atoms with Crippen LogP contribution in [0.4, 0.5) is 0 Å². The number of amides is 1. The van der Waals surface area contributed by atoms with Crippen LogP contribution in [0.15, 0.2) is 12.3 Å². The van der Waals surface area contributed by atoms with Crippen molar-refractivity contribution >= 4 is 18.3 Å². The topological polar surface area (TPSA) is 50.2 Å². The Bertz CT molecular complexity index is 550. The number of aromatic nitrogens is 2. The average Bonchev–Trinajstić information content (AvgIpc) is 2.98. The highest BCUT2D eigenvalue weighted by Gasteiger charge is 2.62. The molecule has 122 valence electrons. The number of hydrogen-bond acceptors (Lipinski definition) is 3. The van der Waals surface area contributed by atoms with Gasteiger partial charge in [0, 0.05) is 25.8 Å². The molecule has 0 bridgehead atoms. The van der Waals surface area contributed by atoms with Crippen molar-refractivity contribution in [3.8, 4) is 0 Å². The van der Waals surface area contributed by atoms with Crippen molar-refractivity contribution in [1.29, 1.82) is 0 Å². The second-order valence-corrected chi connectivity index (χ2v) is 7.43. The third-order valence-electron chi connectivity index (χ3n) is 5.88. The lowest BCUT2D eigenvalue weighted by molar-refractivity contribution is 0.0750. The first-order valence-corrected chi connectivity index (χ1v) is 8.12. The summed E-state index contributed by atoms with van der Waals surface area (Å²) in [6.45, 7) is 8.50. The summed E-state index contributed by atoms with van der Waals surface area (Å²) in [7, 11) is 0. The molecule has 1 aliphatic carbocycles. The molecular weight excluding hydrogens is 300 g/mol. The molecule has 6 heteroatoms. The number of rotatable bonds is 2. The van der Waals surface area contributed by atoms with Crippen LogP contribution in [0.3, 0.4) is 0 Å². The van der Waals surface area contributed by atoms with Crippen molar-refractivity contribution in [2.75, 3.05) is 26.2 Å². The van der Waals surface area contributed by atoms with Crippen LogP contribution in [0.2, 0.25) is 0 Å². The second-order valence-electron chi connectivity index (χ2n) is 7.43. The van der Waals surface area contributed by atoms with E-state index in [9.17, 15) is 4.79 Å². The van der Waals surface area contributed by atoms with Crippen molar-refractivity contribution < 1.29 is 4.79 Å². The van der Waals surface area contributed by atoms with Gasteiger partial charge in [0.25, 0.3) is 5.91 Å². The van der Waals surface area contributed by atoms with Crippen molar-refractivity contribution in [1.82, 2.24) is 20.0 Å². The zero-order chi connectivity index (χ0) is 14.6. The molecule has 1 aromatic rings. The number of likely N-dealkylation sites (tertiary alicyclic amines) is 1. The number of nitrogens with one attached hydrogen (secondary N) is 1. The number of piperidine rings is 2. The molecule has 2 aliphatic heterocycles. The van der Waals surface area contributed by atoms with E-state index in [1.807, 2.05) is 21.8 Å². The average molecular weight is 325 g/mol. The Morgan fingerprint density at radius 1 is 1.36 bits per heavy atom. The smallest absolute Gasteiger partial charge is 0.274 e. The van der Waals surface area contributed by atoms with Crippen LogP contribution in [0.25, 0.3) is 0 Å². The van der Waals surface area contributed by atoms with Crippen LogP contribution < -0.4 is 5.32 Å². The van der Waals surface area contributed by atoms with E-state index in [1.165, 1.54) is 6.42 Å². The Kier molecular flexibility index (Phi) is 3.98. The monoisotopic (exact) mass is 324 g/mol. The summed E-state index contributed by atoms with van der Waals surface area (Å²) < 4.78 is 1.97. The first-order chi connectivity index (χ1) is 10.1. The lowest BCUT2D eigenvalue weighted by Crippen LogP contribution is -2.34. The van der Waals surface area contributed by atoms with Gasteiger partial charge in [-0.2, -0.15) is 5.10 Å². The molecular formula is C16H25ClN4O. The SMILES string of the molecule is CC1(C)C2CN(C(=O)c3ccn(C4CCCNC4)n3)CC21.Cl. The third kappa shape index (κ3) is 2.44.